The van der Waals surface area contributed by atoms with Gasteiger partial charge in [-0.2, -0.15) is 0 Å². The second-order valence-corrected chi connectivity index (χ2v) is 18.2. The lowest BCUT2D eigenvalue weighted by molar-refractivity contribution is 0.445. The molecular weight excluding hydrogens is 813 g/mol. The van der Waals surface area contributed by atoms with E-state index in [0.29, 0.717) is 5.92 Å². The molecule has 0 N–H and O–H groups in total. The van der Waals surface area contributed by atoms with E-state index in [4.69, 9.17) is 4.42 Å². The van der Waals surface area contributed by atoms with Gasteiger partial charge in [0.05, 0.1) is 22.4 Å². The summed E-state index contributed by atoms with van der Waals surface area (Å²) in [6, 6.07) is 82.3. The van der Waals surface area contributed by atoms with Crippen molar-refractivity contribution in [3.05, 3.63) is 230 Å². The van der Waals surface area contributed by atoms with Gasteiger partial charge in [-0.15, -0.1) is 0 Å². The van der Waals surface area contributed by atoms with E-state index in [1.54, 1.807) is 0 Å². The van der Waals surface area contributed by atoms with E-state index in [1.165, 1.54) is 86.9 Å². The third kappa shape index (κ3) is 6.56. The first kappa shape index (κ1) is 39.2. The fourth-order valence-corrected chi connectivity index (χ4v) is 11.4. The summed E-state index contributed by atoms with van der Waals surface area (Å²) < 4.78 is 9.01. The Balaban J connectivity index is 1.06. The molecule has 1 aliphatic rings. The molecule has 320 valence electrons. The molecule has 12 aromatic rings. The topological polar surface area (TPSA) is 21.3 Å². The van der Waals surface area contributed by atoms with Gasteiger partial charge < -0.3 is 13.9 Å². The Kier molecular flexibility index (Phi) is 9.60. The van der Waals surface area contributed by atoms with Gasteiger partial charge in [-0.1, -0.05) is 195 Å². The molecule has 0 unspecified atom stereocenters. The Morgan fingerprint density at radius 2 is 1.00 bits per heavy atom. The molecule has 1 fully saturated rings. The lowest BCUT2D eigenvalue weighted by Gasteiger charge is -2.31. The lowest BCUT2D eigenvalue weighted by Crippen LogP contribution is -2.13. The van der Waals surface area contributed by atoms with E-state index in [1.807, 2.05) is 6.07 Å². The average Bonchev–Trinajstić information content (AvgIpc) is 3.96. The molecule has 2 aromatic heterocycles. The molecule has 1 saturated carbocycles. The number of hydrogen-bond acceptors (Lipinski definition) is 2. The first-order valence-electron chi connectivity index (χ1n) is 23.9. The van der Waals surface area contributed by atoms with E-state index in [9.17, 15) is 0 Å². The summed E-state index contributed by atoms with van der Waals surface area (Å²) in [6.45, 7) is 0. The molecule has 0 amide bonds. The summed E-state index contributed by atoms with van der Waals surface area (Å²) >= 11 is 0. The van der Waals surface area contributed by atoms with Crippen molar-refractivity contribution in [3.8, 4) is 39.1 Å². The summed E-state index contributed by atoms with van der Waals surface area (Å²) in [6.07, 6.45) is 6.40. The van der Waals surface area contributed by atoms with Gasteiger partial charge in [0.15, 0.2) is 0 Å². The number of hydrogen-bond donors (Lipinski definition) is 0. The van der Waals surface area contributed by atoms with Crippen LogP contribution >= 0.6 is 0 Å². The standard InChI is InChI=1S/C64H48N2O/c1-3-19-43(20-4-1)48-29-15-21-45-22-16-31-54(62(45)48)50-25-7-11-35-58(50)65(47-41-39-44(40-42-47)49-30-17-34-57-53-28-10-14-38-61(53)67-64(49)57)59-36-12-8-26-51(59)55-32-18-33-56-52-27-9-13-37-60(52)66(63(55)56)46-23-5-2-6-24-46/h2,5-18,21-43H,1,3-4,19-20H2. The first-order valence-corrected chi connectivity index (χ1v) is 23.9. The molecule has 1 aliphatic carbocycles. The molecule has 10 aromatic carbocycles. The Hall–Kier alpha value is -8.14. The van der Waals surface area contributed by atoms with Gasteiger partial charge in [0, 0.05) is 55.2 Å². The molecular formula is C64H48N2O. The smallest absolute Gasteiger partial charge is 0.143 e. The molecule has 0 spiro atoms. The van der Waals surface area contributed by atoms with E-state index in [0.717, 1.165) is 61.4 Å². The van der Waals surface area contributed by atoms with E-state index < -0.39 is 0 Å². The predicted octanol–water partition coefficient (Wildman–Crippen LogP) is 18.4. The average molecular weight is 861 g/mol. The number of para-hydroxylation sites is 7. The van der Waals surface area contributed by atoms with Crippen LogP contribution in [0.1, 0.15) is 43.6 Å². The Morgan fingerprint density at radius 3 is 1.79 bits per heavy atom. The van der Waals surface area contributed by atoms with Crippen LogP contribution in [0.15, 0.2) is 229 Å². The monoisotopic (exact) mass is 860 g/mol. The third-order valence-electron chi connectivity index (χ3n) is 14.4. The normalized spacial score (nSPS) is 13.3. The maximum absolute atomic E-state index is 6.56. The zero-order valence-electron chi connectivity index (χ0n) is 37.3. The fourth-order valence-electron chi connectivity index (χ4n) is 11.4. The number of aromatic nitrogens is 1. The molecule has 67 heavy (non-hydrogen) atoms. The Morgan fingerprint density at radius 1 is 0.418 bits per heavy atom. The van der Waals surface area contributed by atoms with E-state index in [2.05, 4.69) is 228 Å². The molecule has 13 rings (SSSR count). The molecule has 0 saturated heterocycles. The van der Waals surface area contributed by atoms with Crippen LogP contribution in [0.25, 0.3) is 93.6 Å². The molecule has 0 bridgehead atoms. The van der Waals surface area contributed by atoms with Crippen molar-refractivity contribution in [1.29, 1.82) is 0 Å². The lowest BCUT2D eigenvalue weighted by atomic mass is 9.80. The minimum Gasteiger partial charge on any atom is -0.455 e. The number of fused-ring (bicyclic) bond motifs is 7. The van der Waals surface area contributed by atoms with Gasteiger partial charge in [0.2, 0.25) is 0 Å². The van der Waals surface area contributed by atoms with Crippen molar-refractivity contribution >= 4 is 71.6 Å². The van der Waals surface area contributed by atoms with E-state index in [-0.39, 0.29) is 0 Å². The second-order valence-electron chi connectivity index (χ2n) is 18.2. The van der Waals surface area contributed by atoms with Gasteiger partial charge in [0.1, 0.15) is 11.2 Å². The zero-order valence-corrected chi connectivity index (χ0v) is 37.3. The first-order chi connectivity index (χ1) is 33.3. The van der Waals surface area contributed by atoms with Crippen LogP contribution in [0.3, 0.4) is 0 Å². The fraction of sp³-hybridized carbons (Fsp3) is 0.0938. The summed E-state index contributed by atoms with van der Waals surface area (Å²) in [4.78, 5) is 2.51. The molecule has 0 radical (unpaired) electrons. The minimum absolute atomic E-state index is 0.559. The Labute approximate surface area is 390 Å². The summed E-state index contributed by atoms with van der Waals surface area (Å²) in [7, 11) is 0. The van der Waals surface area contributed by atoms with Gasteiger partial charge in [0.25, 0.3) is 0 Å². The highest BCUT2D eigenvalue weighted by atomic mass is 16.3. The van der Waals surface area contributed by atoms with Crippen LogP contribution in [0, 0.1) is 0 Å². The van der Waals surface area contributed by atoms with Crippen molar-refractivity contribution in [2.75, 3.05) is 4.90 Å². The highest BCUT2D eigenvalue weighted by Gasteiger charge is 2.26. The highest BCUT2D eigenvalue weighted by molar-refractivity contribution is 6.15. The quantitative estimate of drug-likeness (QED) is 0.152. The molecule has 3 heteroatoms. The van der Waals surface area contributed by atoms with Crippen LogP contribution in [-0.2, 0) is 0 Å². The van der Waals surface area contributed by atoms with Gasteiger partial charge in [-0.25, -0.2) is 0 Å². The van der Waals surface area contributed by atoms with Gasteiger partial charge in [-0.3, -0.25) is 0 Å². The van der Waals surface area contributed by atoms with E-state index >= 15 is 0 Å². The highest BCUT2D eigenvalue weighted by Crippen LogP contribution is 2.49. The molecule has 2 heterocycles. The van der Waals surface area contributed by atoms with Crippen LogP contribution in [0.2, 0.25) is 0 Å². The number of nitrogens with zero attached hydrogens (tertiary/aromatic N) is 2. The van der Waals surface area contributed by atoms with Crippen LogP contribution < -0.4 is 4.90 Å². The van der Waals surface area contributed by atoms with Crippen LogP contribution in [0.5, 0.6) is 0 Å². The van der Waals surface area contributed by atoms with Crippen molar-refractivity contribution in [1.82, 2.24) is 4.57 Å². The number of rotatable bonds is 8. The predicted molar refractivity (Wildman–Crippen MR) is 282 cm³/mol. The molecule has 0 aliphatic heterocycles. The second kappa shape index (κ2) is 16.4. The van der Waals surface area contributed by atoms with Crippen LogP contribution in [-0.4, -0.2) is 4.57 Å². The maximum atomic E-state index is 6.56. The van der Waals surface area contributed by atoms with Crippen molar-refractivity contribution in [2.24, 2.45) is 0 Å². The maximum Gasteiger partial charge on any atom is 0.143 e. The largest absolute Gasteiger partial charge is 0.455 e. The molecule has 0 atom stereocenters. The summed E-state index contributed by atoms with van der Waals surface area (Å²) in [5.74, 6) is 0.559. The summed E-state index contributed by atoms with van der Waals surface area (Å²) in [5, 5.41) is 7.41. The number of anilines is 3. The SMILES string of the molecule is c1ccc(-n2c3ccccc3c3cccc(-c4ccccc4N(c4ccc(-c5cccc6c5oc5ccccc56)cc4)c4ccccc4-c4cccc5cccc(C6CCCCC6)c45)c32)cc1. The summed E-state index contributed by atoms with van der Waals surface area (Å²) in [5.41, 5.74) is 17.1. The third-order valence-corrected chi connectivity index (χ3v) is 14.4. The zero-order chi connectivity index (χ0) is 44.3. The van der Waals surface area contributed by atoms with Crippen LogP contribution in [0.4, 0.5) is 17.1 Å². The van der Waals surface area contributed by atoms with Crippen molar-refractivity contribution in [2.45, 2.75) is 38.0 Å². The van der Waals surface area contributed by atoms with Gasteiger partial charge >= 0.3 is 0 Å². The van der Waals surface area contributed by atoms with Crippen molar-refractivity contribution < 1.29 is 4.42 Å². The number of benzene rings is 10. The van der Waals surface area contributed by atoms with Gasteiger partial charge in [-0.05, 0) is 94.8 Å². The number of furan rings is 1. The Bertz CT molecular complexity index is 3790. The van der Waals surface area contributed by atoms with Crippen molar-refractivity contribution in [3.63, 3.8) is 0 Å². The molecule has 3 nitrogen and oxygen atoms in total. The minimum atomic E-state index is 0.559.